The Bertz CT molecular complexity index is 1260. The molecule has 0 aromatic heterocycles. The third kappa shape index (κ3) is 5.54. The Hall–Kier alpha value is -2.95. The number of carboxylic acids is 1. The van der Waals surface area contributed by atoms with Crippen molar-refractivity contribution in [2.75, 3.05) is 6.61 Å². The van der Waals surface area contributed by atoms with Crippen molar-refractivity contribution in [3.8, 4) is 31.4 Å². The van der Waals surface area contributed by atoms with Gasteiger partial charge in [0.25, 0.3) is 0 Å². The molecular formula is C40H56O4. The lowest BCUT2D eigenvalue weighted by Crippen LogP contribution is -2.61. The molecule has 240 valence electrons. The van der Waals surface area contributed by atoms with Gasteiger partial charge in [-0.3, -0.25) is 0 Å². The highest BCUT2D eigenvalue weighted by atomic mass is 16.4. The molecule has 0 aliphatic heterocycles. The van der Waals surface area contributed by atoms with Crippen molar-refractivity contribution in [1.82, 2.24) is 0 Å². The van der Waals surface area contributed by atoms with Crippen molar-refractivity contribution >= 4 is 11.5 Å². The molecule has 8 atom stereocenters. The largest absolute Gasteiger partial charge is 0.507 e. The van der Waals surface area contributed by atoms with Crippen LogP contribution in [0.4, 0.5) is 0 Å². The Morgan fingerprint density at radius 2 is 1.59 bits per heavy atom. The predicted octanol–water partition coefficient (Wildman–Crippen LogP) is 9.23. The van der Waals surface area contributed by atoms with Gasteiger partial charge in [-0.2, -0.15) is 0 Å². The molecule has 4 heteroatoms. The summed E-state index contributed by atoms with van der Waals surface area (Å²) in [6.45, 7) is 15.6. The second-order valence-electron chi connectivity index (χ2n) is 15.1. The summed E-state index contributed by atoms with van der Waals surface area (Å²) in [6, 6.07) is 5.10. The minimum absolute atomic E-state index is 0.0343. The van der Waals surface area contributed by atoms with Gasteiger partial charge in [0, 0.05) is 6.61 Å². The molecule has 4 saturated carbocycles. The molecule has 5 aliphatic rings. The molecular weight excluding hydrogens is 544 g/mol. The van der Waals surface area contributed by atoms with Crippen LogP contribution in [0.1, 0.15) is 115 Å². The fraction of sp³-hybridized carbons (Fsp3) is 0.625. The SMILES string of the molecule is C#C.C#C.C=CC.CC1(C)C(c2ccc(C(=O)O)c(O)c2)=CC[C@@]2(C)C1CC[C@@]1(C)C3CC[C@@]4(CO)CCCC4[C@H]3CCC12. The molecule has 3 N–H and O–H groups in total. The second kappa shape index (κ2) is 13.6. The first-order valence-corrected chi connectivity index (χ1v) is 16.5. The van der Waals surface area contributed by atoms with Gasteiger partial charge in [0.15, 0.2) is 0 Å². The molecule has 44 heavy (non-hydrogen) atoms. The highest BCUT2D eigenvalue weighted by molar-refractivity contribution is 5.91. The van der Waals surface area contributed by atoms with Crippen LogP contribution in [0, 0.1) is 76.9 Å². The van der Waals surface area contributed by atoms with Crippen LogP contribution < -0.4 is 0 Å². The predicted molar refractivity (Wildman–Crippen MR) is 182 cm³/mol. The lowest BCUT2D eigenvalue weighted by atomic mass is 9.36. The number of phenols is 1. The topological polar surface area (TPSA) is 77.8 Å². The van der Waals surface area contributed by atoms with E-state index in [1.807, 2.05) is 13.0 Å². The van der Waals surface area contributed by atoms with Gasteiger partial charge in [0.1, 0.15) is 11.3 Å². The Morgan fingerprint density at radius 1 is 0.932 bits per heavy atom. The normalized spacial score (nSPS) is 37.5. The van der Waals surface area contributed by atoms with Crippen LogP contribution in [0.3, 0.4) is 0 Å². The zero-order chi connectivity index (χ0) is 33.1. The Kier molecular flexibility index (Phi) is 11.0. The van der Waals surface area contributed by atoms with Gasteiger partial charge in [0.05, 0.1) is 0 Å². The Balaban J connectivity index is 0.000000701. The number of aliphatic hydroxyl groups excluding tert-OH is 1. The average molecular weight is 601 g/mol. The zero-order valence-corrected chi connectivity index (χ0v) is 27.8. The molecule has 0 bridgehead atoms. The highest BCUT2D eigenvalue weighted by Gasteiger charge is 2.65. The van der Waals surface area contributed by atoms with Crippen molar-refractivity contribution in [3.05, 3.63) is 48.1 Å². The zero-order valence-electron chi connectivity index (χ0n) is 27.8. The number of terminal acetylenes is 2. The first kappa shape index (κ1) is 35.5. The fourth-order valence-electron chi connectivity index (χ4n) is 11.6. The minimum Gasteiger partial charge on any atom is -0.507 e. The van der Waals surface area contributed by atoms with E-state index < -0.39 is 5.97 Å². The van der Waals surface area contributed by atoms with Crippen molar-refractivity contribution in [1.29, 1.82) is 0 Å². The van der Waals surface area contributed by atoms with Crippen LogP contribution in [0.25, 0.3) is 5.57 Å². The van der Waals surface area contributed by atoms with Crippen molar-refractivity contribution in [2.45, 2.75) is 98.8 Å². The third-order valence-corrected chi connectivity index (χ3v) is 13.1. The molecule has 6 rings (SSSR count). The number of aromatic hydroxyl groups is 1. The van der Waals surface area contributed by atoms with Crippen molar-refractivity contribution < 1.29 is 20.1 Å². The van der Waals surface area contributed by atoms with Crippen LogP contribution in [-0.2, 0) is 0 Å². The highest BCUT2D eigenvalue weighted by Crippen LogP contribution is 2.73. The minimum atomic E-state index is -1.09. The second-order valence-corrected chi connectivity index (χ2v) is 15.1. The summed E-state index contributed by atoms with van der Waals surface area (Å²) in [5.41, 5.74) is 2.98. The fourth-order valence-corrected chi connectivity index (χ4v) is 11.6. The molecule has 5 aliphatic carbocycles. The maximum absolute atomic E-state index is 11.4. The average Bonchev–Trinajstić information content (AvgIpc) is 3.44. The van der Waals surface area contributed by atoms with E-state index in [0.717, 1.165) is 29.7 Å². The number of benzene rings is 1. The maximum atomic E-state index is 11.4. The van der Waals surface area contributed by atoms with Gasteiger partial charge < -0.3 is 15.3 Å². The van der Waals surface area contributed by atoms with Crippen LogP contribution in [-0.4, -0.2) is 27.9 Å². The van der Waals surface area contributed by atoms with E-state index in [0.29, 0.717) is 23.9 Å². The lowest BCUT2D eigenvalue weighted by molar-refractivity contribution is -0.181. The monoisotopic (exact) mass is 600 g/mol. The third-order valence-electron chi connectivity index (χ3n) is 13.1. The van der Waals surface area contributed by atoms with Crippen molar-refractivity contribution in [2.24, 2.45) is 51.2 Å². The maximum Gasteiger partial charge on any atom is 0.339 e. The number of rotatable bonds is 3. The Labute approximate surface area is 267 Å². The van der Waals surface area contributed by atoms with Gasteiger partial charge in [-0.05, 0) is 139 Å². The van der Waals surface area contributed by atoms with Gasteiger partial charge >= 0.3 is 5.97 Å². The molecule has 1 aromatic carbocycles. The van der Waals surface area contributed by atoms with E-state index in [1.54, 1.807) is 18.2 Å². The lowest BCUT2D eigenvalue weighted by Gasteiger charge is -2.68. The summed E-state index contributed by atoms with van der Waals surface area (Å²) in [7, 11) is 0. The number of hydrogen-bond donors (Lipinski definition) is 3. The number of fused-ring (bicyclic) bond motifs is 7. The van der Waals surface area contributed by atoms with E-state index in [1.165, 1.54) is 63.4 Å². The summed E-state index contributed by atoms with van der Waals surface area (Å²) >= 11 is 0. The molecule has 4 fully saturated rings. The molecule has 0 saturated heterocycles. The van der Waals surface area contributed by atoms with Crippen LogP contribution in [0.15, 0.2) is 36.9 Å². The quantitative estimate of drug-likeness (QED) is 0.239. The number of hydrogen-bond acceptors (Lipinski definition) is 3. The molecule has 4 unspecified atom stereocenters. The summed E-state index contributed by atoms with van der Waals surface area (Å²) in [5.74, 6) is 2.35. The molecule has 0 spiro atoms. The first-order valence-electron chi connectivity index (χ1n) is 16.5. The van der Waals surface area contributed by atoms with Crippen LogP contribution in [0.2, 0.25) is 0 Å². The van der Waals surface area contributed by atoms with Gasteiger partial charge in [0.2, 0.25) is 0 Å². The number of carboxylic acid groups (broad SMARTS) is 1. The van der Waals surface area contributed by atoms with Crippen LogP contribution in [0.5, 0.6) is 5.75 Å². The molecule has 0 heterocycles. The number of aliphatic hydroxyl groups is 1. The van der Waals surface area contributed by atoms with E-state index >= 15 is 0 Å². The van der Waals surface area contributed by atoms with Gasteiger partial charge in [-0.25, -0.2) is 4.79 Å². The van der Waals surface area contributed by atoms with Crippen LogP contribution >= 0.6 is 0 Å². The van der Waals surface area contributed by atoms with E-state index in [9.17, 15) is 20.1 Å². The summed E-state index contributed by atoms with van der Waals surface area (Å²) in [4.78, 5) is 11.4. The molecule has 0 amide bonds. The first-order chi connectivity index (χ1) is 20.9. The van der Waals surface area contributed by atoms with Crippen molar-refractivity contribution in [3.63, 3.8) is 0 Å². The van der Waals surface area contributed by atoms with Gasteiger partial charge in [-0.15, -0.1) is 32.3 Å². The van der Waals surface area contributed by atoms with E-state index in [-0.39, 0.29) is 27.6 Å². The molecule has 0 radical (unpaired) electrons. The Morgan fingerprint density at radius 3 is 2.18 bits per heavy atom. The molecule has 1 aromatic rings. The summed E-state index contributed by atoms with van der Waals surface area (Å²) < 4.78 is 0. The molecule has 4 nitrogen and oxygen atoms in total. The summed E-state index contributed by atoms with van der Waals surface area (Å²) in [5, 5.41) is 30.2. The number of aromatic carboxylic acids is 1. The summed E-state index contributed by atoms with van der Waals surface area (Å²) in [6.07, 6.45) is 32.8. The van der Waals surface area contributed by atoms with E-state index in [2.05, 4.69) is 66.0 Å². The van der Waals surface area contributed by atoms with E-state index in [4.69, 9.17) is 0 Å². The number of carbonyl (C=O) groups is 1. The smallest absolute Gasteiger partial charge is 0.339 e. The number of allylic oxidation sites excluding steroid dienone is 3. The standard InChI is InChI=1S/C33H46O4.C3H6.2C2H2/c1-30(2)23(20-7-8-22(29(36)37)26(35)18-20)11-15-32(4)27(30)13-16-31(3)24-12-17-33(19-34)14-5-6-25(33)21(24)9-10-28(31)32;1-3-2;2*1-2/h7-8,11,18,21,24-25,27-28,34-35H,5-6,9-10,12-17,19H2,1-4H3,(H,36,37);3H,1H2,2H3;2*1-2H/t21-,24?,25?,27?,28?,31-,32-,33+;;;/m0.../s1. The van der Waals surface area contributed by atoms with Gasteiger partial charge in [-0.1, -0.05) is 52.3 Å².